The van der Waals surface area contributed by atoms with Crippen LogP contribution in [0.1, 0.15) is 6.42 Å². The van der Waals surface area contributed by atoms with E-state index in [4.69, 9.17) is 0 Å². The van der Waals surface area contributed by atoms with Gasteiger partial charge in [0.2, 0.25) is 15.9 Å². The van der Waals surface area contributed by atoms with Crippen LogP contribution >= 0.6 is 0 Å². The molecule has 0 bridgehead atoms. The summed E-state index contributed by atoms with van der Waals surface area (Å²) < 4.78 is 37.8. The van der Waals surface area contributed by atoms with E-state index >= 15 is 0 Å². The van der Waals surface area contributed by atoms with E-state index in [-0.39, 0.29) is 18.9 Å². The number of halogens is 1. The third-order valence-electron chi connectivity index (χ3n) is 3.11. The van der Waals surface area contributed by atoms with Gasteiger partial charge in [0.1, 0.15) is 5.82 Å². The summed E-state index contributed by atoms with van der Waals surface area (Å²) in [4.78, 5) is 11.9. The van der Waals surface area contributed by atoms with E-state index in [0.717, 1.165) is 6.26 Å². The Morgan fingerprint density at radius 1 is 1.09 bits per heavy atom. The summed E-state index contributed by atoms with van der Waals surface area (Å²) in [5, 5.41) is 2.60. The van der Waals surface area contributed by atoms with Gasteiger partial charge in [-0.25, -0.2) is 12.8 Å². The fourth-order valence-corrected chi connectivity index (χ4v) is 2.97. The molecule has 0 atom stereocenters. The third kappa shape index (κ3) is 5.07. The molecule has 0 unspecified atom stereocenters. The fourth-order valence-electron chi connectivity index (χ4n) is 2.04. The molecule has 1 amide bonds. The molecule has 0 aromatic heterocycles. The Balaban J connectivity index is 2.01. The van der Waals surface area contributed by atoms with Crippen molar-refractivity contribution in [3.05, 3.63) is 60.4 Å². The van der Waals surface area contributed by atoms with Gasteiger partial charge in [-0.3, -0.25) is 9.10 Å². The van der Waals surface area contributed by atoms with Gasteiger partial charge in [0.05, 0.1) is 11.9 Å². The van der Waals surface area contributed by atoms with E-state index in [0.29, 0.717) is 11.4 Å². The number of hydrogen-bond donors (Lipinski definition) is 1. The average Bonchev–Trinajstić information content (AvgIpc) is 2.49. The summed E-state index contributed by atoms with van der Waals surface area (Å²) in [5.74, 6) is -0.739. The zero-order valence-electron chi connectivity index (χ0n) is 12.6. The molecule has 0 saturated carbocycles. The van der Waals surface area contributed by atoms with Crippen molar-refractivity contribution in [3.8, 4) is 0 Å². The van der Waals surface area contributed by atoms with Crippen molar-refractivity contribution in [2.24, 2.45) is 0 Å². The molecule has 0 saturated heterocycles. The van der Waals surface area contributed by atoms with Crippen molar-refractivity contribution in [3.63, 3.8) is 0 Å². The van der Waals surface area contributed by atoms with Crippen LogP contribution in [0.15, 0.2) is 54.6 Å². The predicted molar refractivity (Wildman–Crippen MR) is 88.3 cm³/mol. The van der Waals surface area contributed by atoms with Crippen molar-refractivity contribution in [1.29, 1.82) is 0 Å². The van der Waals surface area contributed by atoms with Crippen LogP contribution in [-0.2, 0) is 14.8 Å². The summed E-state index contributed by atoms with van der Waals surface area (Å²) in [5.41, 5.74) is 0.964. The lowest BCUT2D eigenvalue weighted by molar-refractivity contribution is -0.116. The van der Waals surface area contributed by atoms with Crippen LogP contribution in [0.5, 0.6) is 0 Å². The molecular weight excluding hydrogens is 319 g/mol. The van der Waals surface area contributed by atoms with E-state index in [1.165, 1.54) is 28.6 Å². The van der Waals surface area contributed by atoms with E-state index in [2.05, 4.69) is 5.32 Å². The van der Waals surface area contributed by atoms with Gasteiger partial charge in [0, 0.05) is 18.7 Å². The number of hydrogen-bond acceptors (Lipinski definition) is 3. The molecule has 2 aromatic rings. The van der Waals surface area contributed by atoms with Crippen LogP contribution < -0.4 is 9.62 Å². The van der Waals surface area contributed by atoms with Crippen LogP contribution in [0.4, 0.5) is 15.8 Å². The van der Waals surface area contributed by atoms with Gasteiger partial charge >= 0.3 is 0 Å². The molecule has 2 aromatic carbocycles. The molecule has 0 aliphatic rings. The van der Waals surface area contributed by atoms with Crippen molar-refractivity contribution in [2.45, 2.75) is 6.42 Å². The number of anilines is 2. The number of sulfonamides is 1. The van der Waals surface area contributed by atoms with Crippen LogP contribution in [0.25, 0.3) is 0 Å². The first-order valence-corrected chi connectivity index (χ1v) is 8.79. The first-order valence-electron chi connectivity index (χ1n) is 6.94. The first kappa shape index (κ1) is 17.0. The number of carbonyl (C=O) groups is 1. The van der Waals surface area contributed by atoms with Crippen molar-refractivity contribution >= 4 is 27.3 Å². The number of nitrogens with zero attached hydrogens (tertiary/aromatic N) is 1. The molecule has 122 valence electrons. The number of rotatable bonds is 6. The summed E-state index contributed by atoms with van der Waals surface area (Å²) in [7, 11) is -3.49. The standard InChI is InChI=1S/C16H17FN2O3S/c1-23(21,22)19(15-5-3-2-4-6-15)12-11-16(20)18-14-9-7-13(17)8-10-14/h2-10H,11-12H2,1H3,(H,18,20). The number of benzene rings is 2. The van der Waals surface area contributed by atoms with E-state index in [1.807, 2.05) is 0 Å². The summed E-state index contributed by atoms with van der Waals surface area (Å²) in [6.07, 6.45) is 1.08. The van der Waals surface area contributed by atoms with Crippen molar-refractivity contribution in [1.82, 2.24) is 0 Å². The van der Waals surface area contributed by atoms with Gasteiger partial charge in [-0.15, -0.1) is 0 Å². The maximum absolute atomic E-state index is 12.8. The maximum atomic E-state index is 12.8. The second kappa shape index (κ2) is 7.23. The molecule has 0 radical (unpaired) electrons. The fraction of sp³-hybridized carbons (Fsp3) is 0.188. The second-order valence-corrected chi connectivity index (χ2v) is 6.88. The number of carbonyl (C=O) groups excluding carboxylic acids is 1. The monoisotopic (exact) mass is 336 g/mol. The predicted octanol–water partition coefficient (Wildman–Crippen LogP) is 2.62. The lowest BCUT2D eigenvalue weighted by Crippen LogP contribution is -2.33. The Hall–Kier alpha value is -2.41. The Kier molecular flexibility index (Phi) is 5.33. The minimum atomic E-state index is -3.49. The van der Waals surface area contributed by atoms with Crippen molar-refractivity contribution < 1.29 is 17.6 Å². The Bertz CT molecular complexity index is 762. The minimum Gasteiger partial charge on any atom is -0.326 e. The summed E-state index contributed by atoms with van der Waals surface area (Å²) in [6, 6.07) is 13.9. The topological polar surface area (TPSA) is 66.5 Å². The summed E-state index contributed by atoms with van der Waals surface area (Å²) >= 11 is 0. The quantitative estimate of drug-likeness (QED) is 0.882. The van der Waals surface area contributed by atoms with E-state index in [9.17, 15) is 17.6 Å². The average molecular weight is 336 g/mol. The molecule has 0 spiro atoms. The Morgan fingerprint density at radius 3 is 2.26 bits per heavy atom. The van der Waals surface area contributed by atoms with Crippen molar-refractivity contribution in [2.75, 3.05) is 22.4 Å². The maximum Gasteiger partial charge on any atom is 0.232 e. The third-order valence-corrected chi connectivity index (χ3v) is 4.31. The highest BCUT2D eigenvalue weighted by Crippen LogP contribution is 2.17. The molecule has 0 heterocycles. The second-order valence-electron chi connectivity index (χ2n) is 4.98. The molecule has 2 rings (SSSR count). The normalized spacial score (nSPS) is 11.0. The molecule has 0 aliphatic heterocycles. The Morgan fingerprint density at radius 2 is 1.70 bits per heavy atom. The van der Waals surface area contributed by atoms with Gasteiger partial charge < -0.3 is 5.32 Å². The minimum absolute atomic E-state index is 0.0145. The first-order chi connectivity index (χ1) is 10.9. The van der Waals surface area contributed by atoms with Crippen LogP contribution in [0.2, 0.25) is 0 Å². The number of para-hydroxylation sites is 1. The summed E-state index contributed by atoms with van der Waals surface area (Å²) in [6.45, 7) is 0.0237. The van der Waals surface area contributed by atoms with Gasteiger partial charge in [-0.2, -0.15) is 0 Å². The molecule has 0 aliphatic carbocycles. The SMILES string of the molecule is CS(=O)(=O)N(CCC(=O)Nc1ccc(F)cc1)c1ccccc1. The van der Waals surface area contributed by atoms with Crippen LogP contribution in [-0.4, -0.2) is 27.1 Å². The molecule has 0 fully saturated rings. The van der Waals surface area contributed by atoms with Gasteiger partial charge in [0.15, 0.2) is 0 Å². The van der Waals surface area contributed by atoms with Gasteiger partial charge in [0.25, 0.3) is 0 Å². The smallest absolute Gasteiger partial charge is 0.232 e. The highest BCUT2D eigenvalue weighted by molar-refractivity contribution is 7.92. The van der Waals surface area contributed by atoms with E-state index < -0.39 is 15.8 Å². The zero-order chi connectivity index (χ0) is 16.9. The van der Waals surface area contributed by atoms with Crippen LogP contribution in [0.3, 0.4) is 0 Å². The number of amides is 1. The highest BCUT2D eigenvalue weighted by atomic mass is 32.2. The molecular formula is C16H17FN2O3S. The lowest BCUT2D eigenvalue weighted by atomic mass is 10.3. The van der Waals surface area contributed by atoms with Crippen LogP contribution in [0, 0.1) is 5.82 Å². The van der Waals surface area contributed by atoms with Gasteiger partial charge in [-0.05, 0) is 36.4 Å². The van der Waals surface area contributed by atoms with E-state index in [1.54, 1.807) is 30.3 Å². The largest absolute Gasteiger partial charge is 0.326 e. The molecule has 5 nitrogen and oxygen atoms in total. The molecule has 1 N–H and O–H groups in total. The highest BCUT2D eigenvalue weighted by Gasteiger charge is 2.18. The zero-order valence-corrected chi connectivity index (χ0v) is 13.4. The molecule has 7 heteroatoms. The van der Waals surface area contributed by atoms with Gasteiger partial charge in [-0.1, -0.05) is 18.2 Å². The molecule has 23 heavy (non-hydrogen) atoms. The lowest BCUT2D eigenvalue weighted by Gasteiger charge is -2.22. The Labute approximate surface area is 134 Å². The number of nitrogens with one attached hydrogen (secondary N) is 1.